The lowest BCUT2D eigenvalue weighted by atomic mass is 9.96. The van der Waals surface area contributed by atoms with Crippen LogP contribution in [0.3, 0.4) is 0 Å². The third-order valence-corrected chi connectivity index (χ3v) is 4.05. The Morgan fingerprint density at radius 3 is 2.68 bits per heavy atom. The molecule has 0 spiro atoms. The van der Waals surface area contributed by atoms with E-state index in [1.807, 2.05) is 29.8 Å². The molecule has 1 fully saturated rings. The summed E-state index contributed by atoms with van der Waals surface area (Å²) in [4.78, 5) is 15.5. The minimum atomic E-state index is -0.768. The van der Waals surface area contributed by atoms with Crippen molar-refractivity contribution in [1.82, 2.24) is 9.55 Å². The van der Waals surface area contributed by atoms with E-state index in [1.165, 1.54) is 0 Å². The van der Waals surface area contributed by atoms with Gasteiger partial charge >= 0.3 is 5.97 Å². The Labute approximate surface area is 115 Å². The zero-order valence-corrected chi connectivity index (χ0v) is 11.2. The van der Waals surface area contributed by atoms with E-state index in [0.717, 1.165) is 17.1 Å². The van der Waals surface area contributed by atoms with Crippen molar-refractivity contribution < 1.29 is 9.90 Å². The molecule has 1 aliphatic carbocycles. The number of nitrogens with zero attached hydrogens (tertiary/aromatic N) is 2. The minimum Gasteiger partial charge on any atom is -0.481 e. The molecule has 0 radical (unpaired) electrons. The average Bonchev–Trinajstić information content (AvgIpc) is 3.08. The van der Waals surface area contributed by atoms with Crippen LogP contribution in [-0.4, -0.2) is 20.6 Å². The fourth-order valence-electron chi connectivity index (χ4n) is 2.38. The van der Waals surface area contributed by atoms with Crippen LogP contribution in [0.4, 0.5) is 0 Å². The Kier molecular flexibility index (Phi) is 2.64. The van der Waals surface area contributed by atoms with Gasteiger partial charge in [-0.2, -0.15) is 0 Å². The summed E-state index contributed by atoms with van der Waals surface area (Å²) in [5, 5.41) is 9.83. The summed E-state index contributed by atoms with van der Waals surface area (Å²) in [6.45, 7) is 1.89. The maximum absolute atomic E-state index is 11.3. The highest BCUT2D eigenvalue weighted by atomic mass is 35.5. The lowest BCUT2D eigenvalue weighted by molar-refractivity contribution is -0.140. The van der Waals surface area contributed by atoms with Gasteiger partial charge in [0.25, 0.3) is 0 Å². The normalized spacial score (nSPS) is 16.3. The van der Waals surface area contributed by atoms with Crippen LogP contribution in [-0.2, 0) is 10.2 Å². The summed E-state index contributed by atoms with van der Waals surface area (Å²) in [7, 11) is 0. The van der Waals surface area contributed by atoms with E-state index in [1.54, 1.807) is 12.3 Å². The standard InChI is InChI=1S/C14H13ClN2O2/c1-9-16-6-7-17(9)12-3-2-10(8-11(12)15)14(4-5-14)13(18)19/h2-3,6-8H,4-5H2,1H3,(H,18,19). The number of carboxylic acid groups (broad SMARTS) is 1. The molecule has 4 nitrogen and oxygen atoms in total. The fourth-order valence-corrected chi connectivity index (χ4v) is 2.66. The van der Waals surface area contributed by atoms with Crippen LogP contribution in [0.2, 0.25) is 5.02 Å². The van der Waals surface area contributed by atoms with E-state index in [2.05, 4.69) is 4.98 Å². The predicted octanol–water partition coefficient (Wildman–Crippen LogP) is 2.95. The second kappa shape index (κ2) is 4.10. The monoisotopic (exact) mass is 276 g/mol. The van der Waals surface area contributed by atoms with Crippen molar-refractivity contribution >= 4 is 17.6 Å². The Morgan fingerprint density at radius 1 is 1.47 bits per heavy atom. The quantitative estimate of drug-likeness (QED) is 0.938. The molecule has 0 saturated heterocycles. The molecule has 1 aromatic carbocycles. The molecule has 0 aliphatic heterocycles. The first-order valence-electron chi connectivity index (χ1n) is 6.08. The second-order valence-electron chi connectivity index (χ2n) is 4.90. The van der Waals surface area contributed by atoms with Gasteiger partial charge in [-0.05, 0) is 37.5 Å². The average molecular weight is 277 g/mol. The number of hydrogen-bond acceptors (Lipinski definition) is 2. The Bertz CT molecular complexity index is 659. The molecule has 0 bridgehead atoms. The van der Waals surface area contributed by atoms with Gasteiger partial charge in [-0.1, -0.05) is 17.7 Å². The molecule has 1 N–H and O–H groups in total. The van der Waals surface area contributed by atoms with Crippen LogP contribution in [0.1, 0.15) is 24.2 Å². The number of aromatic nitrogens is 2. The van der Waals surface area contributed by atoms with Gasteiger partial charge in [-0.3, -0.25) is 4.79 Å². The molecule has 19 heavy (non-hydrogen) atoms. The molecule has 98 valence electrons. The van der Waals surface area contributed by atoms with Gasteiger partial charge in [0.15, 0.2) is 0 Å². The molecule has 2 aromatic rings. The van der Waals surface area contributed by atoms with Crippen molar-refractivity contribution in [2.45, 2.75) is 25.2 Å². The molecule has 1 saturated carbocycles. The first kappa shape index (κ1) is 12.2. The van der Waals surface area contributed by atoms with Crippen LogP contribution in [0, 0.1) is 6.92 Å². The minimum absolute atomic E-state index is 0.547. The number of carbonyl (C=O) groups is 1. The molecule has 5 heteroatoms. The van der Waals surface area contributed by atoms with Gasteiger partial charge in [0.05, 0.1) is 16.1 Å². The number of imidazole rings is 1. The Balaban J connectivity index is 2.04. The SMILES string of the molecule is Cc1nccn1-c1ccc(C2(C(=O)O)CC2)cc1Cl. The highest BCUT2D eigenvalue weighted by Gasteiger charge is 2.51. The van der Waals surface area contributed by atoms with Gasteiger partial charge in [0.2, 0.25) is 0 Å². The highest BCUT2D eigenvalue weighted by molar-refractivity contribution is 6.32. The summed E-state index contributed by atoms with van der Waals surface area (Å²) in [5.41, 5.74) is 0.889. The van der Waals surface area contributed by atoms with E-state index >= 15 is 0 Å². The lowest BCUT2D eigenvalue weighted by Crippen LogP contribution is -2.19. The topological polar surface area (TPSA) is 55.1 Å². The molecule has 0 atom stereocenters. The van der Waals surface area contributed by atoms with E-state index in [0.29, 0.717) is 17.9 Å². The van der Waals surface area contributed by atoms with Gasteiger partial charge in [-0.15, -0.1) is 0 Å². The Hall–Kier alpha value is -1.81. The zero-order chi connectivity index (χ0) is 13.6. The molecule has 1 aliphatic rings. The molecular weight excluding hydrogens is 264 g/mol. The first-order chi connectivity index (χ1) is 9.04. The van der Waals surface area contributed by atoms with Gasteiger partial charge in [0.1, 0.15) is 5.82 Å². The largest absolute Gasteiger partial charge is 0.481 e. The van der Waals surface area contributed by atoms with E-state index < -0.39 is 11.4 Å². The first-order valence-corrected chi connectivity index (χ1v) is 6.46. The summed E-state index contributed by atoms with van der Waals surface area (Å²) < 4.78 is 1.88. The van der Waals surface area contributed by atoms with Crippen LogP contribution in [0.15, 0.2) is 30.6 Å². The summed E-state index contributed by atoms with van der Waals surface area (Å²) in [6, 6.07) is 5.47. The molecular formula is C14H13ClN2O2. The number of aryl methyl sites for hydroxylation is 1. The predicted molar refractivity (Wildman–Crippen MR) is 71.9 cm³/mol. The molecule has 0 unspecified atom stereocenters. The molecule has 0 amide bonds. The number of benzene rings is 1. The van der Waals surface area contributed by atoms with Crippen LogP contribution < -0.4 is 0 Å². The molecule has 1 aromatic heterocycles. The van der Waals surface area contributed by atoms with Crippen molar-refractivity contribution in [3.8, 4) is 5.69 Å². The van der Waals surface area contributed by atoms with Crippen LogP contribution in [0.5, 0.6) is 0 Å². The summed E-state index contributed by atoms with van der Waals surface area (Å²) in [6.07, 6.45) is 4.91. The summed E-state index contributed by atoms with van der Waals surface area (Å²) >= 11 is 6.29. The maximum atomic E-state index is 11.3. The van der Waals surface area contributed by atoms with E-state index in [-0.39, 0.29) is 0 Å². The number of aliphatic carboxylic acids is 1. The smallest absolute Gasteiger partial charge is 0.314 e. The fraction of sp³-hybridized carbons (Fsp3) is 0.286. The van der Waals surface area contributed by atoms with Crippen molar-refractivity contribution in [2.24, 2.45) is 0 Å². The maximum Gasteiger partial charge on any atom is 0.314 e. The van der Waals surface area contributed by atoms with Crippen molar-refractivity contribution in [3.05, 3.63) is 47.0 Å². The van der Waals surface area contributed by atoms with Crippen LogP contribution in [0.25, 0.3) is 5.69 Å². The molecule has 1 heterocycles. The third-order valence-electron chi connectivity index (χ3n) is 3.74. The number of halogens is 1. The second-order valence-corrected chi connectivity index (χ2v) is 5.31. The Morgan fingerprint density at radius 2 is 2.21 bits per heavy atom. The van der Waals surface area contributed by atoms with Crippen molar-refractivity contribution in [1.29, 1.82) is 0 Å². The van der Waals surface area contributed by atoms with Crippen molar-refractivity contribution in [3.63, 3.8) is 0 Å². The van der Waals surface area contributed by atoms with Gasteiger partial charge < -0.3 is 9.67 Å². The molecule has 3 rings (SSSR count). The third kappa shape index (κ3) is 1.83. The lowest BCUT2D eigenvalue weighted by Gasteiger charge is -2.13. The van der Waals surface area contributed by atoms with Crippen LogP contribution >= 0.6 is 11.6 Å². The van der Waals surface area contributed by atoms with E-state index in [4.69, 9.17) is 11.6 Å². The summed E-state index contributed by atoms with van der Waals surface area (Å²) in [5.74, 6) is 0.0733. The number of carboxylic acids is 1. The van der Waals surface area contributed by atoms with Crippen molar-refractivity contribution in [2.75, 3.05) is 0 Å². The number of hydrogen-bond donors (Lipinski definition) is 1. The van der Waals surface area contributed by atoms with E-state index in [9.17, 15) is 9.90 Å². The van der Waals surface area contributed by atoms with Gasteiger partial charge in [0, 0.05) is 12.4 Å². The highest BCUT2D eigenvalue weighted by Crippen LogP contribution is 2.49. The van der Waals surface area contributed by atoms with Gasteiger partial charge in [-0.25, -0.2) is 4.98 Å². The number of rotatable bonds is 3. The zero-order valence-electron chi connectivity index (χ0n) is 10.4.